The first-order valence-electron chi connectivity index (χ1n) is 6.88. The van der Waals surface area contributed by atoms with Gasteiger partial charge in [-0.3, -0.25) is 0 Å². The highest BCUT2D eigenvalue weighted by atomic mass is 35.5. The van der Waals surface area contributed by atoms with Crippen LogP contribution in [0.5, 0.6) is 0 Å². The standard InChI is InChI=1S/C14H22ClNO2S2/c1-14(2)7-4-11(5-8-14)16(3)20(17,18)13-6-9-19-12(13)10-15/h6,9,11H,4-5,7-8,10H2,1-3H3. The van der Waals surface area contributed by atoms with Crippen LogP contribution in [-0.2, 0) is 15.9 Å². The molecule has 0 bridgehead atoms. The van der Waals surface area contributed by atoms with Gasteiger partial charge in [-0.05, 0) is 42.5 Å². The SMILES string of the molecule is CN(C1CCC(C)(C)CC1)S(=O)(=O)c1ccsc1CCl. The van der Waals surface area contributed by atoms with Crippen LogP contribution in [-0.4, -0.2) is 25.8 Å². The van der Waals surface area contributed by atoms with E-state index in [1.165, 1.54) is 11.3 Å². The number of thiophene rings is 1. The van der Waals surface area contributed by atoms with Gasteiger partial charge >= 0.3 is 0 Å². The lowest BCUT2D eigenvalue weighted by atomic mass is 9.76. The Balaban J connectivity index is 2.18. The molecule has 1 aromatic rings. The molecule has 0 amide bonds. The average molecular weight is 336 g/mol. The first-order valence-corrected chi connectivity index (χ1v) is 9.74. The Morgan fingerprint density at radius 1 is 1.40 bits per heavy atom. The van der Waals surface area contributed by atoms with Crippen molar-refractivity contribution in [1.29, 1.82) is 0 Å². The summed E-state index contributed by atoms with van der Waals surface area (Å²) in [7, 11) is -1.71. The lowest BCUT2D eigenvalue weighted by Crippen LogP contribution is -2.40. The summed E-state index contributed by atoms with van der Waals surface area (Å²) in [5, 5.41) is 1.79. The number of hydrogen-bond donors (Lipinski definition) is 0. The van der Waals surface area contributed by atoms with E-state index in [9.17, 15) is 8.42 Å². The van der Waals surface area contributed by atoms with E-state index in [1.807, 2.05) is 0 Å². The topological polar surface area (TPSA) is 37.4 Å². The summed E-state index contributed by atoms with van der Waals surface area (Å²) < 4.78 is 27.0. The Kier molecular flexibility index (Phi) is 4.84. The van der Waals surface area contributed by atoms with Gasteiger partial charge in [0.1, 0.15) is 0 Å². The molecule has 0 saturated heterocycles. The number of alkyl halides is 1. The zero-order valence-electron chi connectivity index (χ0n) is 12.2. The van der Waals surface area contributed by atoms with Gasteiger partial charge in [0.2, 0.25) is 10.0 Å². The minimum atomic E-state index is -3.42. The largest absolute Gasteiger partial charge is 0.244 e. The predicted octanol–water partition coefficient (Wildman–Crippen LogP) is 4.08. The molecule has 1 aliphatic carbocycles. The Morgan fingerprint density at radius 3 is 2.55 bits per heavy atom. The molecule has 20 heavy (non-hydrogen) atoms. The van der Waals surface area contributed by atoms with Gasteiger partial charge in [0.15, 0.2) is 0 Å². The number of halogens is 1. The van der Waals surface area contributed by atoms with Crippen LogP contribution in [0.15, 0.2) is 16.3 Å². The van der Waals surface area contributed by atoms with Gasteiger partial charge in [0, 0.05) is 18.0 Å². The summed E-state index contributed by atoms with van der Waals surface area (Å²) in [6.07, 6.45) is 4.01. The highest BCUT2D eigenvalue weighted by molar-refractivity contribution is 7.89. The maximum absolute atomic E-state index is 12.7. The molecule has 0 atom stereocenters. The molecular weight excluding hydrogens is 314 g/mol. The fourth-order valence-electron chi connectivity index (χ4n) is 2.76. The molecule has 1 aromatic heterocycles. The minimum Gasteiger partial charge on any atom is -0.207 e. The normalized spacial score (nSPS) is 20.4. The summed E-state index contributed by atoms with van der Waals surface area (Å²) in [5.41, 5.74) is 0.338. The van der Waals surface area contributed by atoms with Crippen molar-refractivity contribution < 1.29 is 8.42 Å². The molecule has 0 aromatic carbocycles. The van der Waals surface area contributed by atoms with Crippen LogP contribution in [0.25, 0.3) is 0 Å². The predicted molar refractivity (Wildman–Crippen MR) is 84.9 cm³/mol. The van der Waals surface area contributed by atoms with Crippen molar-refractivity contribution in [3.05, 3.63) is 16.3 Å². The minimum absolute atomic E-state index is 0.108. The molecule has 1 saturated carbocycles. The molecule has 0 spiro atoms. The van der Waals surface area contributed by atoms with Crippen molar-refractivity contribution in [2.75, 3.05) is 7.05 Å². The van der Waals surface area contributed by atoms with E-state index in [-0.39, 0.29) is 11.9 Å². The van der Waals surface area contributed by atoms with E-state index in [0.717, 1.165) is 30.6 Å². The van der Waals surface area contributed by atoms with Crippen molar-refractivity contribution in [3.8, 4) is 0 Å². The van der Waals surface area contributed by atoms with Gasteiger partial charge in [-0.15, -0.1) is 22.9 Å². The zero-order chi connectivity index (χ0) is 15.0. The summed E-state index contributed by atoms with van der Waals surface area (Å²) in [6.45, 7) is 4.50. The van der Waals surface area contributed by atoms with E-state index >= 15 is 0 Å². The van der Waals surface area contributed by atoms with E-state index in [2.05, 4.69) is 13.8 Å². The second kappa shape index (κ2) is 5.95. The molecule has 0 radical (unpaired) electrons. The smallest absolute Gasteiger partial charge is 0.207 e. The van der Waals surface area contributed by atoms with Gasteiger partial charge in [0.25, 0.3) is 0 Å². The molecular formula is C14H22ClNO2S2. The summed E-state index contributed by atoms with van der Waals surface area (Å²) in [4.78, 5) is 1.11. The van der Waals surface area contributed by atoms with Crippen molar-refractivity contribution in [2.45, 2.75) is 56.3 Å². The Labute approximate surface area is 131 Å². The van der Waals surface area contributed by atoms with Crippen molar-refractivity contribution in [1.82, 2.24) is 4.31 Å². The van der Waals surface area contributed by atoms with Crippen molar-refractivity contribution in [2.24, 2.45) is 5.41 Å². The monoisotopic (exact) mass is 335 g/mol. The highest BCUT2D eigenvalue weighted by Gasteiger charge is 2.35. The number of rotatable bonds is 4. The maximum Gasteiger partial charge on any atom is 0.244 e. The quantitative estimate of drug-likeness (QED) is 0.777. The third-order valence-electron chi connectivity index (χ3n) is 4.31. The van der Waals surface area contributed by atoms with Crippen molar-refractivity contribution in [3.63, 3.8) is 0 Å². The number of nitrogens with zero attached hydrogens (tertiary/aromatic N) is 1. The van der Waals surface area contributed by atoms with Gasteiger partial charge in [-0.2, -0.15) is 4.31 Å². The molecule has 1 aliphatic rings. The van der Waals surface area contributed by atoms with Gasteiger partial charge in [0.05, 0.1) is 10.8 Å². The van der Waals surface area contributed by atoms with Gasteiger partial charge in [-0.1, -0.05) is 13.8 Å². The molecule has 0 N–H and O–H groups in total. The fourth-order valence-corrected chi connectivity index (χ4v) is 5.84. The van der Waals surface area contributed by atoms with Crippen LogP contribution >= 0.6 is 22.9 Å². The Bertz CT molecular complexity index is 555. The Morgan fingerprint density at radius 2 is 2.00 bits per heavy atom. The van der Waals surface area contributed by atoms with Crippen LogP contribution in [0.1, 0.15) is 44.4 Å². The zero-order valence-corrected chi connectivity index (χ0v) is 14.6. The molecule has 0 unspecified atom stereocenters. The van der Waals surface area contributed by atoms with Crippen molar-refractivity contribution >= 4 is 33.0 Å². The van der Waals surface area contributed by atoms with E-state index in [1.54, 1.807) is 22.8 Å². The van der Waals surface area contributed by atoms with E-state index in [0.29, 0.717) is 10.3 Å². The third-order valence-corrected chi connectivity index (χ3v) is 7.78. The molecule has 1 fully saturated rings. The molecule has 3 nitrogen and oxygen atoms in total. The third kappa shape index (κ3) is 3.21. The van der Waals surface area contributed by atoms with Crippen LogP contribution in [0.2, 0.25) is 0 Å². The van der Waals surface area contributed by atoms with Crippen LogP contribution in [0.3, 0.4) is 0 Å². The molecule has 0 aliphatic heterocycles. The van der Waals surface area contributed by atoms with Crippen LogP contribution in [0, 0.1) is 5.41 Å². The van der Waals surface area contributed by atoms with Gasteiger partial charge < -0.3 is 0 Å². The molecule has 2 rings (SSSR count). The van der Waals surface area contributed by atoms with Crippen LogP contribution < -0.4 is 0 Å². The van der Waals surface area contributed by atoms with E-state index < -0.39 is 10.0 Å². The highest BCUT2D eigenvalue weighted by Crippen LogP contribution is 2.38. The molecule has 1 heterocycles. The second-order valence-electron chi connectivity index (χ2n) is 6.26. The molecule has 6 heteroatoms. The fraction of sp³-hybridized carbons (Fsp3) is 0.714. The average Bonchev–Trinajstić information content (AvgIpc) is 2.87. The second-order valence-corrected chi connectivity index (χ2v) is 9.49. The Hall–Kier alpha value is -0.100. The van der Waals surface area contributed by atoms with Gasteiger partial charge in [-0.25, -0.2) is 8.42 Å². The summed E-state index contributed by atoms with van der Waals surface area (Å²) in [6, 6.07) is 1.78. The summed E-state index contributed by atoms with van der Waals surface area (Å²) in [5.74, 6) is 0.248. The van der Waals surface area contributed by atoms with Crippen LogP contribution in [0.4, 0.5) is 0 Å². The maximum atomic E-state index is 12.7. The molecule has 114 valence electrons. The number of hydrogen-bond acceptors (Lipinski definition) is 3. The van der Waals surface area contributed by atoms with E-state index in [4.69, 9.17) is 11.6 Å². The lowest BCUT2D eigenvalue weighted by Gasteiger charge is -2.38. The number of sulfonamides is 1. The first kappa shape index (κ1) is 16.3. The summed E-state index contributed by atoms with van der Waals surface area (Å²) >= 11 is 7.24. The lowest BCUT2D eigenvalue weighted by molar-refractivity contribution is 0.174. The first-order chi connectivity index (χ1) is 9.28.